The lowest BCUT2D eigenvalue weighted by molar-refractivity contribution is -0.153. The highest BCUT2D eigenvalue weighted by atomic mass is 19.4. The second-order valence-corrected chi connectivity index (χ2v) is 2.90. The Hall–Kier alpha value is -1.19. The second kappa shape index (κ2) is 7.14. The summed E-state index contributed by atoms with van der Waals surface area (Å²) in [6, 6.07) is 6.67. The van der Waals surface area contributed by atoms with Gasteiger partial charge in [0, 0.05) is 0 Å². The van der Waals surface area contributed by atoms with Crippen LogP contribution in [0.2, 0.25) is 0 Å². The lowest BCUT2D eigenvalue weighted by Gasteiger charge is -2.09. The van der Waals surface area contributed by atoms with Crippen LogP contribution in [0.5, 0.6) is 5.75 Å². The molecule has 0 saturated heterocycles. The van der Waals surface area contributed by atoms with Crippen molar-refractivity contribution in [3.63, 3.8) is 0 Å². The normalized spacial score (nSPS) is 10.4. The molecule has 0 saturated carbocycles. The number of aryl methyl sites for hydroxylation is 1. The molecular formula is C12H17F3O. The van der Waals surface area contributed by atoms with Crippen LogP contribution in [0, 0.1) is 0 Å². The van der Waals surface area contributed by atoms with Gasteiger partial charge >= 0.3 is 6.18 Å². The molecule has 16 heavy (non-hydrogen) atoms. The van der Waals surface area contributed by atoms with Gasteiger partial charge in [0.2, 0.25) is 0 Å². The van der Waals surface area contributed by atoms with Gasteiger partial charge in [-0.3, -0.25) is 0 Å². The van der Waals surface area contributed by atoms with Gasteiger partial charge < -0.3 is 4.74 Å². The Morgan fingerprint density at radius 1 is 1.19 bits per heavy atom. The molecule has 1 nitrogen and oxygen atoms in total. The van der Waals surface area contributed by atoms with Crippen molar-refractivity contribution in [3.8, 4) is 5.75 Å². The highest BCUT2D eigenvalue weighted by Crippen LogP contribution is 2.19. The molecule has 0 spiro atoms. The molecule has 0 aliphatic carbocycles. The standard InChI is InChI=1S/C10H11F3O.C2H6/c1-2-8-4-3-5-9(6-8)14-7-10(11,12)13;1-2/h3-6H,2,7H2,1H3;1-2H3. The molecule has 1 aromatic rings. The van der Waals surface area contributed by atoms with Crippen molar-refractivity contribution in [3.05, 3.63) is 29.8 Å². The van der Waals surface area contributed by atoms with E-state index >= 15 is 0 Å². The Kier molecular flexibility index (Phi) is 6.61. The molecule has 0 unspecified atom stereocenters. The van der Waals surface area contributed by atoms with Crippen molar-refractivity contribution in [2.45, 2.75) is 33.4 Å². The first-order valence-electron chi connectivity index (χ1n) is 5.30. The summed E-state index contributed by atoms with van der Waals surface area (Å²) in [4.78, 5) is 0. The van der Waals surface area contributed by atoms with Crippen LogP contribution in [0.4, 0.5) is 13.2 Å². The SMILES string of the molecule is CC.CCc1cccc(OCC(F)(F)F)c1. The summed E-state index contributed by atoms with van der Waals surface area (Å²) < 4.78 is 40.0. The van der Waals surface area contributed by atoms with Crippen molar-refractivity contribution in [1.82, 2.24) is 0 Å². The van der Waals surface area contributed by atoms with Gasteiger partial charge in [0.25, 0.3) is 0 Å². The van der Waals surface area contributed by atoms with Crippen LogP contribution in [0.25, 0.3) is 0 Å². The molecule has 0 aliphatic heterocycles. The molecule has 0 aromatic heterocycles. The molecule has 0 amide bonds. The Labute approximate surface area is 94.2 Å². The molecule has 0 aliphatic rings. The van der Waals surface area contributed by atoms with Gasteiger partial charge in [-0.15, -0.1) is 0 Å². The minimum Gasteiger partial charge on any atom is -0.484 e. The van der Waals surface area contributed by atoms with Crippen molar-refractivity contribution < 1.29 is 17.9 Å². The molecule has 0 atom stereocenters. The van der Waals surface area contributed by atoms with Crippen molar-refractivity contribution >= 4 is 0 Å². The summed E-state index contributed by atoms with van der Waals surface area (Å²) in [7, 11) is 0. The predicted molar refractivity (Wildman–Crippen MR) is 58.7 cm³/mol. The van der Waals surface area contributed by atoms with Crippen LogP contribution in [0.15, 0.2) is 24.3 Å². The summed E-state index contributed by atoms with van der Waals surface area (Å²) in [6.07, 6.45) is -3.49. The Morgan fingerprint density at radius 3 is 2.31 bits per heavy atom. The van der Waals surface area contributed by atoms with E-state index in [2.05, 4.69) is 4.74 Å². The Bertz CT molecular complexity index is 295. The number of hydrogen-bond donors (Lipinski definition) is 0. The van der Waals surface area contributed by atoms with Crippen molar-refractivity contribution in [2.75, 3.05) is 6.61 Å². The average molecular weight is 234 g/mol. The molecule has 1 rings (SSSR count). The zero-order valence-electron chi connectivity index (χ0n) is 9.77. The monoisotopic (exact) mass is 234 g/mol. The van der Waals surface area contributed by atoms with E-state index in [0.717, 1.165) is 12.0 Å². The third-order valence-electron chi connectivity index (χ3n) is 1.71. The van der Waals surface area contributed by atoms with E-state index in [1.54, 1.807) is 12.1 Å². The molecule has 0 radical (unpaired) electrons. The molecule has 0 bridgehead atoms. The van der Waals surface area contributed by atoms with Crippen LogP contribution in [0.1, 0.15) is 26.3 Å². The largest absolute Gasteiger partial charge is 0.484 e. The van der Waals surface area contributed by atoms with E-state index in [9.17, 15) is 13.2 Å². The maximum atomic E-state index is 11.8. The van der Waals surface area contributed by atoms with Crippen LogP contribution in [-0.4, -0.2) is 12.8 Å². The van der Waals surface area contributed by atoms with E-state index in [0.29, 0.717) is 0 Å². The molecular weight excluding hydrogens is 217 g/mol. The summed E-state index contributed by atoms with van der Waals surface area (Å²) in [5.74, 6) is 0.265. The van der Waals surface area contributed by atoms with Crippen molar-refractivity contribution in [2.24, 2.45) is 0 Å². The zero-order chi connectivity index (χ0) is 12.6. The quantitative estimate of drug-likeness (QED) is 0.761. The maximum absolute atomic E-state index is 11.8. The number of hydrogen-bond acceptors (Lipinski definition) is 1. The topological polar surface area (TPSA) is 9.23 Å². The summed E-state index contributed by atoms with van der Waals surface area (Å²) in [5, 5.41) is 0. The first-order chi connectivity index (χ1) is 7.51. The number of alkyl halides is 3. The molecule has 0 heterocycles. The fourth-order valence-electron chi connectivity index (χ4n) is 1.02. The molecule has 4 heteroatoms. The minimum absolute atomic E-state index is 0.265. The third kappa shape index (κ3) is 6.32. The molecule has 0 fully saturated rings. The van der Waals surface area contributed by atoms with Gasteiger partial charge in [-0.1, -0.05) is 32.9 Å². The Balaban J connectivity index is 0.00000106. The maximum Gasteiger partial charge on any atom is 0.422 e. The van der Waals surface area contributed by atoms with Gasteiger partial charge in [-0.05, 0) is 24.1 Å². The van der Waals surface area contributed by atoms with Crippen LogP contribution in [-0.2, 0) is 6.42 Å². The van der Waals surface area contributed by atoms with E-state index in [1.165, 1.54) is 6.07 Å². The molecule has 1 aromatic carbocycles. The van der Waals surface area contributed by atoms with Crippen LogP contribution in [0.3, 0.4) is 0 Å². The second-order valence-electron chi connectivity index (χ2n) is 2.90. The van der Waals surface area contributed by atoms with Gasteiger partial charge in [0.15, 0.2) is 6.61 Å². The van der Waals surface area contributed by atoms with E-state index < -0.39 is 12.8 Å². The molecule has 92 valence electrons. The number of ether oxygens (including phenoxy) is 1. The minimum atomic E-state index is -4.28. The first-order valence-corrected chi connectivity index (χ1v) is 5.30. The van der Waals surface area contributed by atoms with E-state index in [-0.39, 0.29) is 5.75 Å². The van der Waals surface area contributed by atoms with Gasteiger partial charge in [0.1, 0.15) is 5.75 Å². The van der Waals surface area contributed by atoms with Gasteiger partial charge in [-0.2, -0.15) is 13.2 Å². The summed E-state index contributed by atoms with van der Waals surface area (Å²) in [5.41, 5.74) is 0.963. The zero-order valence-corrected chi connectivity index (χ0v) is 9.77. The van der Waals surface area contributed by atoms with Crippen LogP contribution < -0.4 is 4.74 Å². The van der Waals surface area contributed by atoms with Crippen LogP contribution >= 0.6 is 0 Å². The highest BCUT2D eigenvalue weighted by Gasteiger charge is 2.28. The summed E-state index contributed by atoms with van der Waals surface area (Å²) in [6.45, 7) is 4.70. The summed E-state index contributed by atoms with van der Waals surface area (Å²) >= 11 is 0. The first kappa shape index (κ1) is 14.8. The number of halogens is 3. The number of benzene rings is 1. The van der Waals surface area contributed by atoms with E-state index in [1.807, 2.05) is 26.8 Å². The Morgan fingerprint density at radius 2 is 1.81 bits per heavy atom. The van der Waals surface area contributed by atoms with E-state index in [4.69, 9.17) is 0 Å². The third-order valence-corrected chi connectivity index (χ3v) is 1.71. The molecule has 0 N–H and O–H groups in total. The van der Waals surface area contributed by atoms with Crippen molar-refractivity contribution in [1.29, 1.82) is 0 Å². The highest BCUT2D eigenvalue weighted by molar-refractivity contribution is 5.28. The number of rotatable bonds is 3. The van der Waals surface area contributed by atoms with Gasteiger partial charge in [0.05, 0.1) is 0 Å². The smallest absolute Gasteiger partial charge is 0.422 e. The van der Waals surface area contributed by atoms with Gasteiger partial charge in [-0.25, -0.2) is 0 Å². The average Bonchev–Trinajstić information content (AvgIpc) is 2.28. The lowest BCUT2D eigenvalue weighted by Crippen LogP contribution is -2.19. The fraction of sp³-hybridized carbons (Fsp3) is 0.500. The fourth-order valence-corrected chi connectivity index (χ4v) is 1.02. The predicted octanol–water partition coefficient (Wildman–Crippen LogP) is 4.22. The lowest BCUT2D eigenvalue weighted by atomic mass is 10.2.